The Balaban J connectivity index is 2.71. The SMILES string of the molecule is Cc1c(Br)cccc1CO[S+](C)C. The van der Waals surface area contributed by atoms with Gasteiger partial charge in [0.05, 0.1) is 0 Å². The molecule has 72 valence electrons. The highest BCUT2D eigenvalue weighted by molar-refractivity contribution is 9.10. The van der Waals surface area contributed by atoms with Gasteiger partial charge in [0.2, 0.25) is 0 Å². The molecule has 13 heavy (non-hydrogen) atoms. The van der Waals surface area contributed by atoms with Crippen LogP contribution in [-0.4, -0.2) is 12.5 Å². The Morgan fingerprint density at radius 2 is 2.08 bits per heavy atom. The van der Waals surface area contributed by atoms with Crippen LogP contribution in [0.1, 0.15) is 11.1 Å². The van der Waals surface area contributed by atoms with Crippen LogP contribution in [0.3, 0.4) is 0 Å². The van der Waals surface area contributed by atoms with Crippen LogP contribution in [0.25, 0.3) is 0 Å². The van der Waals surface area contributed by atoms with Crippen LogP contribution in [0.5, 0.6) is 0 Å². The molecular weight excluding hydrogens is 248 g/mol. The van der Waals surface area contributed by atoms with Gasteiger partial charge in [-0.25, -0.2) is 0 Å². The van der Waals surface area contributed by atoms with Crippen LogP contribution < -0.4 is 0 Å². The van der Waals surface area contributed by atoms with Crippen molar-refractivity contribution in [3.63, 3.8) is 0 Å². The Hall–Kier alpha value is 0.01000. The van der Waals surface area contributed by atoms with E-state index in [-0.39, 0.29) is 11.2 Å². The van der Waals surface area contributed by atoms with Crippen molar-refractivity contribution in [2.75, 3.05) is 12.5 Å². The van der Waals surface area contributed by atoms with Crippen molar-refractivity contribution in [3.05, 3.63) is 33.8 Å². The van der Waals surface area contributed by atoms with Crippen molar-refractivity contribution in [2.24, 2.45) is 0 Å². The summed E-state index contributed by atoms with van der Waals surface area (Å²) < 4.78 is 6.72. The lowest BCUT2D eigenvalue weighted by molar-refractivity contribution is 0.354. The van der Waals surface area contributed by atoms with Crippen molar-refractivity contribution in [1.29, 1.82) is 0 Å². The van der Waals surface area contributed by atoms with Gasteiger partial charge in [-0.05, 0) is 24.1 Å². The molecule has 3 heteroatoms. The molecule has 0 amide bonds. The zero-order valence-corrected chi connectivity index (χ0v) is 10.5. The monoisotopic (exact) mass is 261 g/mol. The fourth-order valence-corrected chi connectivity index (χ4v) is 1.76. The third-order valence-electron chi connectivity index (χ3n) is 1.83. The highest BCUT2D eigenvalue weighted by atomic mass is 79.9. The van der Waals surface area contributed by atoms with E-state index in [0.717, 1.165) is 4.47 Å². The van der Waals surface area contributed by atoms with Gasteiger partial charge in [0.25, 0.3) is 0 Å². The molecular formula is C10H14BrOS+. The number of rotatable bonds is 3. The van der Waals surface area contributed by atoms with Crippen LogP contribution in [0, 0.1) is 6.92 Å². The quantitative estimate of drug-likeness (QED) is 0.761. The molecule has 0 heterocycles. The van der Waals surface area contributed by atoms with E-state index in [1.807, 2.05) is 6.07 Å². The van der Waals surface area contributed by atoms with E-state index in [1.54, 1.807) is 0 Å². The average Bonchev–Trinajstić information content (AvgIpc) is 2.07. The Morgan fingerprint density at radius 1 is 1.38 bits per heavy atom. The molecule has 0 aliphatic rings. The van der Waals surface area contributed by atoms with Crippen LogP contribution >= 0.6 is 15.9 Å². The van der Waals surface area contributed by atoms with Gasteiger partial charge in [-0.1, -0.05) is 28.1 Å². The number of benzene rings is 1. The second-order valence-electron chi connectivity index (χ2n) is 3.03. The zero-order valence-electron chi connectivity index (χ0n) is 8.13. The Morgan fingerprint density at radius 3 is 2.69 bits per heavy atom. The molecule has 1 rings (SSSR count). The number of halogens is 1. The van der Waals surface area contributed by atoms with Crippen molar-refractivity contribution in [3.8, 4) is 0 Å². The molecule has 0 N–H and O–H groups in total. The van der Waals surface area contributed by atoms with E-state index < -0.39 is 0 Å². The highest BCUT2D eigenvalue weighted by Crippen LogP contribution is 2.20. The maximum atomic E-state index is 5.57. The van der Waals surface area contributed by atoms with Gasteiger partial charge in [0.1, 0.15) is 30.3 Å². The molecule has 0 aromatic heterocycles. The lowest BCUT2D eigenvalue weighted by atomic mass is 10.1. The predicted molar refractivity (Wildman–Crippen MR) is 62.9 cm³/mol. The first kappa shape index (κ1) is 11.1. The van der Waals surface area contributed by atoms with Gasteiger partial charge < -0.3 is 0 Å². The molecule has 0 aliphatic carbocycles. The summed E-state index contributed by atoms with van der Waals surface area (Å²) >= 11 is 3.55. The normalized spacial score (nSPS) is 10.8. The zero-order chi connectivity index (χ0) is 9.84. The predicted octanol–water partition coefficient (Wildman–Crippen LogP) is 3.07. The molecule has 0 bridgehead atoms. The molecule has 0 spiro atoms. The summed E-state index contributed by atoms with van der Waals surface area (Å²) in [5.74, 6) is 0. The minimum absolute atomic E-state index is 0.0538. The van der Waals surface area contributed by atoms with E-state index in [9.17, 15) is 0 Å². The molecule has 0 saturated heterocycles. The van der Waals surface area contributed by atoms with Gasteiger partial charge >= 0.3 is 0 Å². The number of hydrogen-bond donors (Lipinski definition) is 0. The summed E-state index contributed by atoms with van der Waals surface area (Å²) in [5, 5.41) is 0. The van der Waals surface area contributed by atoms with Crippen molar-refractivity contribution >= 4 is 27.1 Å². The lowest BCUT2D eigenvalue weighted by Gasteiger charge is -2.05. The van der Waals surface area contributed by atoms with Crippen molar-refractivity contribution in [1.82, 2.24) is 0 Å². The molecule has 0 radical (unpaired) electrons. The summed E-state index contributed by atoms with van der Waals surface area (Å²) in [6.07, 6.45) is 4.15. The smallest absolute Gasteiger partial charge is 0.141 e. The highest BCUT2D eigenvalue weighted by Gasteiger charge is 2.07. The second kappa shape index (κ2) is 5.03. The van der Waals surface area contributed by atoms with E-state index in [2.05, 4.69) is 47.5 Å². The van der Waals surface area contributed by atoms with E-state index in [0.29, 0.717) is 6.61 Å². The van der Waals surface area contributed by atoms with Crippen LogP contribution in [-0.2, 0) is 22.0 Å². The molecule has 0 unspecified atom stereocenters. The molecule has 0 saturated carbocycles. The maximum Gasteiger partial charge on any atom is 0.141 e. The molecule has 1 aromatic rings. The largest absolute Gasteiger partial charge is 0.170 e. The fourth-order valence-electron chi connectivity index (χ4n) is 0.990. The van der Waals surface area contributed by atoms with Crippen molar-refractivity contribution < 1.29 is 4.18 Å². The molecule has 0 atom stereocenters. The summed E-state index contributed by atoms with van der Waals surface area (Å²) in [6.45, 7) is 2.81. The molecule has 0 fully saturated rings. The summed E-state index contributed by atoms with van der Waals surface area (Å²) in [7, 11) is 0. The lowest BCUT2D eigenvalue weighted by Crippen LogP contribution is -2.02. The van der Waals surface area contributed by atoms with Gasteiger partial charge in [0, 0.05) is 4.47 Å². The van der Waals surface area contributed by atoms with Crippen molar-refractivity contribution in [2.45, 2.75) is 13.5 Å². The van der Waals surface area contributed by atoms with E-state index >= 15 is 0 Å². The summed E-state index contributed by atoms with van der Waals surface area (Å²) in [6, 6.07) is 6.20. The van der Waals surface area contributed by atoms with Gasteiger partial charge in [0.15, 0.2) is 0 Å². The topological polar surface area (TPSA) is 9.23 Å². The Labute approximate surface area is 91.2 Å². The van der Waals surface area contributed by atoms with Crippen LogP contribution in [0.2, 0.25) is 0 Å². The third-order valence-corrected chi connectivity index (χ3v) is 3.28. The van der Waals surface area contributed by atoms with E-state index in [1.165, 1.54) is 11.1 Å². The van der Waals surface area contributed by atoms with E-state index in [4.69, 9.17) is 4.18 Å². The Bertz CT molecular complexity index is 286. The standard InChI is InChI=1S/C10H14BrOS/c1-8-9(7-12-13(2)3)5-4-6-10(8)11/h4-6H,7H2,1-3H3/q+1. The Kier molecular flexibility index (Phi) is 4.29. The first-order valence-electron chi connectivity index (χ1n) is 4.06. The first-order chi connectivity index (χ1) is 6.11. The summed E-state index contributed by atoms with van der Waals surface area (Å²) in [4.78, 5) is 0. The van der Waals surface area contributed by atoms with Gasteiger partial charge in [-0.2, -0.15) is 4.18 Å². The molecule has 1 aromatic carbocycles. The minimum atomic E-state index is 0.0538. The molecule has 0 aliphatic heterocycles. The average molecular weight is 262 g/mol. The van der Waals surface area contributed by atoms with Crippen LogP contribution in [0.4, 0.5) is 0 Å². The number of hydrogen-bond acceptors (Lipinski definition) is 1. The van der Waals surface area contributed by atoms with Gasteiger partial charge in [-0.15, -0.1) is 0 Å². The summed E-state index contributed by atoms with van der Waals surface area (Å²) in [5.41, 5.74) is 2.53. The van der Waals surface area contributed by atoms with Gasteiger partial charge in [-0.3, -0.25) is 0 Å². The fraction of sp³-hybridized carbons (Fsp3) is 0.400. The first-order valence-corrected chi connectivity index (χ1v) is 6.82. The third kappa shape index (κ3) is 3.33. The van der Waals surface area contributed by atoms with Crippen LogP contribution in [0.15, 0.2) is 22.7 Å². The second-order valence-corrected chi connectivity index (χ2v) is 5.60. The molecule has 1 nitrogen and oxygen atoms in total. The maximum absolute atomic E-state index is 5.57. The minimum Gasteiger partial charge on any atom is -0.170 e.